The van der Waals surface area contributed by atoms with Crippen molar-refractivity contribution in [1.29, 1.82) is 0 Å². The summed E-state index contributed by atoms with van der Waals surface area (Å²) in [6.45, 7) is 4.98. The van der Waals surface area contributed by atoms with E-state index < -0.39 is 14.6 Å². The molecule has 1 aliphatic heterocycles. The first kappa shape index (κ1) is 25.6. The van der Waals surface area contributed by atoms with Crippen LogP contribution in [0.15, 0.2) is 17.1 Å². The van der Waals surface area contributed by atoms with Crippen LogP contribution in [0.2, 0.25) is 0 Å². The molecule has 0 bridgehead atoms. The Hall–Kier alpha value is -1.43. The number of nitrogens with one attached hydrogen (secondary N) is 1. The fourth-order valence-electron chi connectivity index (χ4n) is 3.33. The molecule has 8 nitrogen and oxygen atoms in total. The van der Waals surface area contributed by atoms with E-state index in [1.165, 1.54) is 0 Å². The summed E-state index contributed by atoms with van der Waals surface area (Å²) in [5, 5.41) is 3.32. The topological polar surface area (TPSA) is 89.5 Å². The summed E-state index contributed by atoms with van der Waals surface area (Å²) in [6, 6.07) is 3.80. The number of nitrogens with zero attached hydrogens (tertiary/aromatic N) is 2. The van der Waals surface area contributed by atoms with E-state index in [1.54, 1.807) is 42.2 Å². The van der Waals surface area contributed by atoms with Gasteiger partial charge in [0.05, 0.1) is 31.8 Å². The van der Waals surface area contributed by atoms with Crippen LogP contribution in [-0.2, 0) is 16.3 Å². The summed E-state index contributed by atoms with van der Waals surface area (Å²) >= 11 is 0. The first-order valence-corrected chi connectivity index (χ1v) is 10.8. The SMILES string of the molecule is CN=C(NCCc1ccc(OC)c(OC)c1OC)N1CCS(=O)(=O)C(C)(C)C1.I. The van der Waals surface area contributed by atoms with Crippen LogP contribution >= 0.6 is 24.0 Å². The van der Waals surface area contributed by atoms with Crippen LogP contribution in [0.1, 0.15) is 19.4 Å². The van der Waals surface area contributed by atoms with Gasteiger partial charge in [-0.1, -0.05) is 6.07 Å². The number of methoxy groups -OCH3 is 3. The van der Waals surface area contributed by atoms with Gasteiger partial charge < -0.3 is 24.4 Å². The molecule has 1 aromatic rings. The molecule has 1 N–H and O–H groups in total. The summed E-state index contributed by atoms with van der Waals surface area (Å²) < 4.78 is 39.9. The lowest BCUT2D eigenvalue weighted by molar-refractivity contribution is 0.322. The van der Waals surface area contributed by atoms with Crippen LogP contribution in [0.5, 0.6) is 17.2 Å². The second kappa shape index (κ2) is 10.6. The van der Waals surface area contributed by atoms with Gasteiger partial charge in [0.1, 0.15) is 0 Å². The van der Waals surface area contributed by atoms with Crippen LogP contribution in [0.3, 0.4) is 0 Å². The molecule has 1 aromatic carbocycles. The third kappa shape index (κ3) is 5.59. The van der Waals surface area contributed by atoms with Crippen molar-refractivity contribution in [2.75, 3.05) is 53.8 Å². The Kier molecular flexibility index (Phi) is 9.32. The number of aliphatic imine (C=N–C) groups is 1. The Morgan fingerprint density at radius 1 is 1.17 bits per heavy atom. The minimum atomic E-state index is -3.09. The first-order chi connectivity index (χ1) is 13.2. The highest BCUT2D eigenvalue weighted by Crippen LogP contribution is 2.39. The number of sulfone groups is 1. The van der Waals surface area contributed by atoms with Crippen molar-refractivity contribution in [3.8, 4) is 17.2 Å². The summed E-state index contributed by atoms with van der Waals surface area (Å²) in [6.07, 6.45) is 0.679. The number of ether oxygens (including phenoxy) is 3. The van der Waals surface area contributed by atoms with Crippen molar-refractivity contribution < 1.29 is 22.6 Å². The Morgan fingerprint density at radius 3 is 2.34 bits per heavy atom. The molecule has 0 radical (unpaired) electrons. The number of benzene rings is 1. The van der Waals surface area contributed by atoms with Gasteiger partial charge in [0.25, 0.3) is 0 Å². The maximum atomic E-state index is 12.2. The molecule has 29 heavy (non-hydrogen) atoms. The number of hydrogen-bond acceptors (Lipinski definition) is 6. The molecule has 0 aliphatic carbocycles. The average Bonchev–Trinajstić information content (AvgIpc) is 2.66. The minimum absolute atomic E-state index is 0. The van der Waals surface area contributed by atoms with Crippen molar-refractivity contribution in [3.05, 3.63) is 17.7 Å². The van der Waals surface area contributed by atoms with E-state index in [2.05, 4.69) is 10.3 Å². The molecular weight excluding hydrogens is 509 g/mol. The highest BCUT2D eigenvalue weighted by Gasteiger charge is 2.40. The largest absolute Gasteiger partial charge is 0.493 e. The Balaban J connectivity index is 0.00000420. The van der Waals surface area contributed by atoms with Gasteiger partial charge in [-0.15, -0.1) is 24.0 Å². The van der Waals surface area contributed by atoms with Crippen LogP contribution in [0.4, 0.5) is 0 Å². The summed E-state index contributed by atoms with van der Waals surface area (Å²) in [5.74, 6) is 2.65. The molecule has 0 spiro atoms. The van der Waals surface area contributed by atoms with Crippen LogP contribution < -0.4 is 19.5 Å². The molecular formula is C19H32IN3O5S. The fourth-order valence-corrected chi connectivity index (χ4v) is 4.69. The van der Waals surface area contributed by atoms with Crippen LogP contribution in [0, 0.1) is 0 Å². The highest BCUT2D eigenvalue weighted by atomic mass is 127. The van der Waals surface area contributed by atoms with Crippen molar-refractivity contribution in [2.24, 2.45) is 4.99 Å². The molecule has 1 fully saturated rings. The molecule has 0 saturated carbocycles. The summed E-state index contributed by atoms with van der Waals surface area (Å²) in [4.78, 5) is 6.31. The number of halogens is 1. The molecule has 0 aromatic heterocycles. The predicted molar refractivity (Wildman–Crippen MR) is 126 cm³/mol. The monoisotopic (exact) mass is 541 g/mol. The van der Waals surface area contributed by atoms with E-state index in [0.29, 0.717) is 49.3 Å². The smallest absolute Gasteiger partial charge is 0.203 e. The molecule has 1 saturated heterocycles. The van der Waals surface area contributed by atoms with Gasteiger partial charge in [-0.25, -0.2) is 8.42 Å². The van der Waals surface area contributed by atoms with Crippen molar-refractivity contribution in [3.63, 3.8) is 0 Å². The van der Waals surface area contributed by atoms with Crippen LogP contribution in [0.25, 0.3) is 0 Å². The van der Waals surface area contributed by atoms with E-state index in [1.807, 2.05) is 17.0 Å². The highest BCUT2D eigenvalue weighted by molar-refractivity contribution is 14.0. The normalized spacial score (nSPS) is 17.9. The minimum Gasteiger partial charge on any atom is -0.493 e. The lowest BCUT2D eigenvalue weighted by atomic mass is 10.1. The lowest BCUT2D eigenvalue weighted by Crippen LogP contribution is -2.57. The van der Waals surface area contributed by atoms with Crippen molar-refractivity contribution >= 4 is 39.8 Å². The zero-order chi connectivity index (χ0) is 20.9. The van der Waals surface area contributed by atoms with Gasteiger partial charge in [0, 0.05) is 32.2 Å². The Morgan fingerprint density at radius 2 is 1.83 bits per heavy atom. The first-order valence-electron chi connectivity index (χ1n) is 9.16. The molecule has 1 heterocycles. The third-order valence-electron chi connectivity index (χ3n) is 5.02. The van der Waals surface area contributed by atoms with Gasteiger partial charge in [-0.3, -0.25) is 4.99 Å². The fraction of sp³-hybridized carbons (Fsp3) is 0.632. The lowest BCUT2D eigenvalue weighted by Gasteiger charge is -2.39. The number of guanidine groups is 1. The maximum Gasteiger partial charge on any atom is 0.203 e. The van der Waals surface area contributed by atoms with Gasteiger partial charge in [-0.05, 0) is 26.3 Å². The standard InChI is InChI=1S/C19H31N3O5S.HI/c1-19(2)13-22(11-12-28(19,23)24)18(20-3)21-10-9-14-7-8-15(25-4)17(27-6)16(14)26-5;/h7-8H,9-13H2,1-6H3,(H,20,21);1H. The molecule has 0 atom stereocenters. The third-order valence-corrected chi connectivity index (χ3v) is 7.55. The number of rotatable bonds is 6. The zero-order valence-corrected chi connectivity index (χ0v) is 21.1. The second-order valence-electron chi connectivity index (χ2n) is 7.22. The molecule has 10 heteroatoms. The van der Waals surface area contributed by atoms with E-state index in [4.69, 9.17) is 14.2 Å². The zero-order valence-electron chi connectivity index (χ0n) is 17.9. The molecule has 2 rings (SSSR count). The predicted octanol–water partition coefficient (Wildman–Crippen LogP) is 1.96. The molecule has 0 unspecified atom stereocenters. The maximum absolute atomic E-state index is 12.2. The molecule has 1 aliphatic rings. The van der Waals surface area contributed by atoms with E-state index in [9.17, 15) is 8.42 Å². The van der Waals surface area contributed by atoms with Crippen molar-refractivity contribution in [1.82, 2.24) is 10.2 Å². The molecule has 0 amide bonds. The van der Waals surface area contributed by atoms with Gasteiger partial charge in [0.2, 0.25) is 5.75 Å². The number of hydrogen-bond donors (Lipinski definition) is 1. The van der Waals surface area contributed by atoms with Gasteiger partial charge in [-0.2, -0.15) is 0 Å². The average molecular weight is 541 g/mol. The Bertz CT molecular complexity index is 827. The van der Waals surface area contributed by atoms with E-state index in [0.717, 1.165) is 5.56 Å². The quantitative estimate of drug-likeness (QED) is 0.335. The molecule has 166 valence electrons. The second-order valence-corrected chi connectivity index (χ2v) is 9.96. The van der Waals surface area contributed by atoms with E-state index in [-0.39, 0.29) is 29.7 Å². The van der Waals surface area contributed by atoms with E-state index >= 15 is 0 Å². The summed E-state index contributed by atoms with van der Waals surface area (Å²) in [7, 11) is 3.38. The van der Waals surface area contributed by atoms with Gasteiger partial charge in [0.15, 0.2) is 27.3 Å². The Labute approximate surface area is 190 Å². The van der Waals surface area contributed by atoms with Gasteiger partial charge >= 0.3 is 0 Å². The van der Waals surface area contributed by atoms with Crippen molar-refractivity contribution in [2.45, 2.75) is 25.0 Å². The van der Waals surface area contributed by atoms with Crippen LogP contribution in [-0.4, -0.2) is 77.8 Å². The summed E-state index contributed by atoms with van der Waals surface area (Å²) in [5.41, 5.74) is 0.977.